The zero-order valence-electron chi connectivity index (χ0n) is 13.6. The maximum Gasteiger partial charge on any atom is 0.0536 e. The van der Waals surface area contributed by atoms with Gasteiger partial charge in [0.2, 0.25) is 0 Å². The quantitative estimate of drug-likeness (QED) is 0.786. The highest BCUT2D eigenvalue weighted by molar-refractivity contribution is 5.17. The van der Waals surface area contributed by atoms with E-state index in [4.69, 9.17) is 4.74 Å². The van der Waals surface area contributed by atoms with Gasteiger partial charge < -0.3 is 19.7 Å². The molecule has 2 N–H and O–H groups in total. The maximum absolute atomic E-state index is 9.27. The fourth-order valence-electron chi connectivity index (χ4n) is 3.27. The van der Waals surface area contributed by atoms with Gasteiger partial charge in [0.1, 0.15) is 0 Å². The molecule has 0 aliphatic carbocycles. The molecule has 0 spiro atoms. The molecule has 1 saturated heterocycles. The van der Waals surface area contributed by atoms with Crippen LogP contribution in [0.15, 0.2) is 48.8 Å². The number of rotatable bonds is 8. The van der Waals surface area contributed by atoms with Crippen LogP contribution >= 0.6 is 0 Å². The van der Waals surface area contributed by atoms with Crippen molar-refractivity contribution in [2.24, 2.45) is 5.41 Å². The van der Waals surface area contributed by atoms with Crippen molar-refractivity contribution >= 4 is 0 Å². The molecule has 0 amide bonds. The second kappa shape index (κ2) is 7.77. The van der Waals surface area contributed by atoms with Crippen LogP contribution in [-0.2, 0) is 17.8 Å². The summed E-state index contributed by atoms with van der Waals surface area (Å²) in [5.41, 5.74) is 2.72. The van der Waals surface area contributed by atoms with Gasteiger partial charge in [-0.15, -0.1) is 0 Å². The summed E-state index contributed by atoms with van der Waals surface area (Å²) in [5, 5.41) is 12.8. The second-order valence-electron chi connectivity index (χ2n) is 6.56. The third kappa shape index (κ3) is 4.44. The summed E-state index contributed by atoms with van der Waals surface area (Å²) < 4.78 is 7.75. The standard InChI is InChI=1S/C19H26N2O2/c22-10-7-19(8-11-23-16-19)15-20-12-18-6-9-21(14-18)13-17-4-2-1-3-5-17/h1-6,9,14,20,22H,7-8,10-13,15-16H2. The Morgan fingerprint density at radius 1 is 1.17 bits per heavy atom. The largest absolute Gasteiger partial charge is 0.396 e. The molecule has 23 heavy (non-hydrogen) atoms. The Morgan fingerprint density at radius 3 is 2.78 bits per heavy atom. The molecule has 4 nitrogen and oxygen atoms in total. The van der Waals surface area contributed by atoms with Crippen LogP contribution in [-0.4, -0.2) is 36.0 Å². The lowest BCUT2D eigenvalue weighted by molar-refractivity contribution is 0.124. The van der Waals surface area contributed by atoms with Gasteiger partial charge in [0.05, 0.1) is 6.61 Å². The number of aliphatic hydroxyl groups excluding tert-OH is 1. The molecule has 1 aliphatic heterocycles. The molecule has 4 heteroatoms. The molecular weight excluding hydrogens is 288 g/mol. The minimum Gasteiger partial charge on any atom is -0.396 e. The van der Waals surface area contributed by atoms with Crippen LogP contribution < -0.4 is 5.32 Å². The predicted molar refractivity (Wildman–Crippen MR) is 91.3 cm³/mol. The van der Waals surface area contributed by atoms with Crippen molar-refractivity contribution in [3.05, 3.63) is 59.9 Å². The molecule has 1 atom stereocenters. The maximum atomic E-state index is 9.27. The number of nitrogens with one attached hydrogen (secondary N) is 1. The van der Waals surface area contributed by atoms with E-state index in [-0.39, 0.29) is 12.0 Å². The van der Waals surface area contributed by atoms with Crippen molar-refractivity contribution in [2.45, 2.75) is 25.9 Å². The van der Waals surface area contributed by atoms with E-state index in [9.17, 15) is 5.11 Å². The first-order valence-electron chi connectivity index (χ1n) is 8.38. The van der Waals surface area contributed by atoms with Gasteiger partial charge in [-0.1, -0.05) is 30.3 Å². The number of hydrogen-bond acceptors (Lipinski definition) is 3. The molecule has 2 aromatic rings. The zero-order chi connectivity index (χ0) is 16.0. The fourth-order valence-corrected chi connectivity index (χ4v) is 3.27. The Balaban J connectivity index is 1.49. The lowest BCUT2D eigenvalue weighted by Crippen LogP contribution is -2.35. The van der Waals surface area contributed by atoms with E-state index < -0.39 is 0 Å². The number of hydrogen-bond donors (Lipinski definition) is 2. The van der Waals surface area contributed by atoms with Crippen LogP contribution in [0.4, 0.5) is 0 Å². The van der Waals surface area contributed by atoms with Crippen molar-refractivity contribution in [2.75, 3.05) is 26.4 Å². The van der Waals surface area contributed by atoms with Crippen LogP contribution in [0, 0.1) is 5.41 Å². The first-order valence-corrected chi connectivity index (χ1v) is 8.38. The van der Waals surface area contributed by atoms with E-state index in [1.165, 1.54) is 11.1 Å². The van der Waals surface area contributed by atoms with Crippen LogP contribution in [0.5, 0.6) is 0 Å². The Morgan fingerprint density at radius 2 is 2.04 bits per heavy atom. The number of aromatic nitrogens is 1. The van der Waals surface area contributed by atoms with Gasteiger partial charge in [-0.05, 0) is 30.0 Å². The average molecular weight is 314 g/mol. The minimum atomic E-state index is 0.112. The lowest BCUT2D eigenvalue weighted by Gasteiger charge is -2.26. The zero-order valence-corrected chi connectivity index (χ0v) is 13.6. The van der Waals surface area contributed by atoms with E-state index in [0.717, 1.165) is 45.7 Å². The van der Waals surface area contributed by atoms with E-state index in [1.54, 1.807) is 0 Å². The van der Waals surface area contributed by atoms with Gasteiger partial charge >= 0.3 is 0 Å². The van der Waals surface area contributed by atoms with Crippen LogP contribution in [0.2, 0.25) is 0 Å². The van der Waals surface area contributed by atoms with Crippen LogP contribution in [0.1, 0.15) is 24.0 Å². The molecule has 1 fully saturated rings. The third-order valence-corrected chi connectivity index (χ3v) is 4.68. The van der Waals surface area contributed by atoms with Crippen molar-refractivity contribution in [3.63, 3.8) is 0 Å². The predicted octanol–water partition coefficient (Wildman–Crippen LogP) is 2.42. The minimum absolute atomic E-state index is 0.112. The highest BCUT2D eigenvalue weighted by Crippen LogP contribution is 2.31. The molecule has 3 rings (SSSR count). The topological polar surface area (TPSA) is 46.4 Å². The van der Waals surface area contributed by atoms with Crippen molar-refractivity contribution in [3.8, 4) is 0 Å². The van der Waals surface area contributed by atoms with E-state index in [0.29, 0.717) is 0 Å². The second-order valence-corrected chi connectivity index (χ2v) is 6.56. The van der Waals surface area contributed by atoms with E-state index in [1.807, 2.05) is 6.07 Å². The van der Waals surface area contributed by atoms with Crippen molar-refractivity contribution < 1.29 is 9.84 Å². The monoisotopic (exact) mass is 314 g/mol. The number of nitrogens with zero attached hydrogens (tertiary/aromatic N) is 1. The normalized spacial score (nSPS) is 20.9. The lowest BCUT2D eigenvalue weighted by atomic mass is 9.84. The van der Waals surface area contributed by atoms with Crippen LogP contribution in [0.25, 0.3) is 0 Å². The summed E-state index contributed by atoms with van der Waals surface area (Å²) in [6.07, 6.45) is 6.18. The molecule has 0 radical (unpaired) electrons. The van der Waals surface area contributed by atoms with Gasteiger partial charge in [-0.25, -0.2) is 0 Å². The smallest absolute Gasteiger partial charge is 0.0536 e. The van der Waals surface area contributed by atoms with Gasteiger partial charge in [0, 0.05) is 50.7 Å². The van der Waals surface area contributed by atoms with Crippen molar-refractivity contribution in [1.29, 1.82) is 0 Å². The highest BCUT2D eigenvalue weighted by atomic mass is 16.5. The number of ether oxygens (including phenoxy) is 1. The molecule has 0 bridgehead atoms. The molecule has 1 unspecified atom stereocenters. The molecule has 1 aromatic heterocycles. The Kier molecular flexibility index (Phi) is 5.49. The fraction of sp³-hybridized carbons (Fsp3) is 0.474. The van der Waals surface area contributed by atoms with Gasteiger partial charge in [0.15, 0.2) is 0 Å². The van der Waals surface area contributed by atoms with Gasteiger partial charge in [-0.2, -0.15) is 0 Å². The summed E-state index contributed by atoms with van der Waals surface area (Å²) in [7, 11) is 0. The van der Waals surface area contributed by atoms with E-state index in [2.05, 4.69) is 52.6 Å². The van der Waals surface area contributed by atoms with E-state index >= 15 is 0 Å². The third-order valence-electron chi connectivity index (χ3n) is 4.68. The number of benzene rings is 1. The summed E-state index contributed by atoms with van der Waals surface area (Å²) >= 11 is 0. The first kappa shape index (κ1) is 16.2. The number of aliphatic hydroxyl groups is 1. The molecule has 124 valence electrons. The summed E-state index contributed by atoms with van der Waals surface area (Å²) in [5.74, 6) is 0. The molecular formula is C19H26N2O2. The SMILES string of the molecule is OCCC1(CNCc2ccn(Cc3ccccc3)c2)CCOC1. The van der Waals surface area contributed by atoms with Gasteiger partial charge in [0.25, 0.3) is 0 Å². The summed E-state index contributed by atoms with van der Waals surface area (Å²) in [6.45, 7) is 4.47. The molecule has 0 saturated carbocycles. The summed E-state index contributed by atoms with van der Waals surface area (Å²) in [4.78, 5) is 0. The first-order chi connectivity index (χ1) is 11.3. The average Bonchev–Trinajstić information content (AvgIpc) is 3.19. The molecule has 1 aromatic carbocycles. The summed E-state index contributed by atoms with van der Waals surface area (Å²) in [6, 6.07) is 12.7. The van der Waals surface area contributed by atoms with Crippen molar-refractivity contribution in [1.82, 2.24) is 9.88 Å². The van der Waals surface area contributed by atoms with Gasteiger partial charge in [-0.3, -0.25) is 0 Å². The Bertz CT molecular complexity index is 588. The Hall–Kier alpha value is -1.62. The molecule has 1 aliphatic rings. The Labute approximate surface area is 138 Å². The highest BCUT2D eigenvalue weighted by Gasteiger charge is 2.33. The van der Waals surface area contributed by atoms with Crippen LogP contribution in [0.3, 0.4) is 0 Å². The molecule has 2 heterocycles.